The fourth-order valence-corrected chi connectivity index (χ4v) is 3.14. The van der Waals surface area contributed by atoms with Crippen LogP contribution >= 0.6 is 0 Å². The molecule has 0 bridgehead atoms. The zero-order valence-electron chi connectivity index (χ0n) is 13.6. The molecule has 1 aromatic heterocycles. The lowest BCUT2D eigenvalue weighted by Gasteiger charge is -2.12. The molecule has 2 aromatic carbocycles. The fraction of sp³-hybridized carbons (Fsp3) is 0.250. The van der Waals surface area contributed by atoms with Crippen molar-refractivity contribution in [3.8, 4) is 17.0 Å². The lowest BCUT2D eigenvalue weighted by Crippen LogP contribution is -2.09. The minimum atomic E-state index is 0.688. The van der Waals surface area contributed by atoms with Crippen LogP contribution in [0, 0.1) is 0 Å². The van der Waals surface area contributed by atoms with E-state index in [9.17, 15) is 0 Å². The summed E-state index contributed by atoms with van der Waals surface area (Å²) < 4.78 is 5.60. The van der Waals surface area contributed by atoms with Crippen LogP contribution < -0.4 is 15.8 Å². The van der Waals surface area contributed by atoms with Gasteiger partial charge in [0.25, 0.3) is 0 Å². The summed E-state index contributed by atoms with van der Waals surface area (Å²) in [5.41, 5.74) is 11.1. The van der Waals surface area contributed by atoms with Gasteiger partial charge in [-0.25, -0.2) is 4.98 Å². The van der Waals surface area contributed by atoms with Crippen LogP contribution in [0.2, 0.25) is 0 Å². The van der Waals surface area contributed by atoms with Gasteiger partial charge in [0.15, 0.2) is 0 Å². The van der Waals surface area contributed by atoms with Crippen LogP contribution in [0.15, 0.2) is 48.5 Å². The van der Waals surface area contributed by atoms with Crippen LogP contribution in [0.25, 0.3) is 22.2 Å². The van der Waals surface area contributed by atoms with Crippen molar-refractivity contribution in [1.29, 1.82) is 0 Å². The van der Waals surface area contributed by atoms with E-state index < -0.39 is 0 Å². The zero-order chi connectivity index (χ0) is 16.4. The quantitative estimate of drug-likeness (QED) is 0.706. The number of rotatable bonds is 5. The van der Waals surface area contributed by atoms with E-state index in [1.165, 1.54) is 5.56 Å². The Morgan fingerprint density at radius 2 is 2.04 bits per heavy atom. The van der Waals surface area contributed by atoms with E-state index in [2.05, 4.69) is 41.7 Å². The van der Waals surface area contributed by atoms with E-state index in [4.69, 9.17) is 15.5 Å². The minimum Gasteiger partial charge on any atom is -0.493 e. The summed E-state index contributed by atoms with van der Waals surface area (Å²) in [5.74, 6) is 1.00. The number of hydrogen-bond donors (Lipinski definition) is 2. The summed E-state index contributed by atoms with van der Waals surface area (Å²) in [6.45, 7) is 2.32. The second-order valence-corrected chi connectivity index (χ2v) is 6.06. The summed E-state index contributed by atoms with van der Waals surface area (Å²) in [6.07, 6.45) is 1.92. The SMILES string of the molecule is NCCCNc1cc(-c2ccc3c(c2)CCO3)nc2ccccc12. The van der Waals surface area contributed by atoms with E-state index in [-0.39, 0.29) is 0 Å². The number of para-hydroxylation sites is 1. The van der Waals surface area contributed by atoms with Crippen molar-refractivity contribution in [1.82, 2.24) is 4.98 Å². The summed E-state index contributed by atoms with van der Waals surface area (Å²) in [5, 5.41) is 4.65. The fourth-order valence-electron chi connectivity index (χ4n) is 3.14. The molecule has 0 spiro atoms. The van der Waals surface area contributed by atoms with Crippen LogP contribution in [0.1, 0.15) is 12.0 Å². The first kappa shape index (κ1) is 15.0. The highest BCUT2D eigenvalue weighted by molar-refractivity contribution is 5.93. The van der Waals surface area contributed by atoms with Crippen molar-refractivity contribution < 1.29 is 4.74 Å². The average Bonchev–Trinajstić information content (AvgIpc) is 3.09. The Balaban J connectivity index is 1.77. The highest BCUT2D eigenvalue weighted by atomic mass is 16.5. The van der Waals surface area contributed by atoms with Gasteiger partial charge < -0.3 is 15.8 Å². The van der Waals surface area contributed by atoms with Crippen LogP contribution in [0.5, 0.6) is 5.75 Å². The van der Waals surface area contributed by atoms with Gasteiger partial charge in [-0.1, -0.05) is 18.2 Å². The Bertz CT molecular complexity index is 876. The van der Waals surface area contributed by atoms with Gasteiger partial charge in [-0.05, 0) is 48.9 Å². The number of ether oxygens (including phenoxy) is 1. The second kappa shape index (κ2) is 6.49. The minimum absolute atomic E-state index is 0.688. The Morgan fingerprint density at radius 1 is 1.12 bits per heavy atom. The summed E-state index contributed by atoms with van der Waals surface area (Å²) >= 11 is 0. The van der Waals surface area contributed by atoms with Crippen molar-refractivity contribution in [3.05, 3.63) is 54.1 Å². The number of hydrogen-bond acceptors (Lipinski definition) is 4. The maximum absolute atomic E-state index is 5.61. The zero-order valence-corrected chi connectivity index (χ0v) is 13.6. The molecular weight excluding hydrogens is 298 g/mol. The highest BCUT2D eigenvalue weighted by Gasteiger charge is 2.14. The number of nitrogens with two attached hydrogens (primary N) is 1. The molecule has 0 saturated heterocycles. The van der Waals surface area contributed by atoms with Crippen LogP contribution in [-0.4, -0.2) is 24.7 Å². The standard InChI is InChI=1S/C20H21N3O/c21-9-3-10-22-19-13-18(23-17-5-2-1-4-16(17)19)14-6-7-20-15(12-14)8-11-24-20/h1-2,4-7,12-13H,3,8-11,21H2,(H,22,23). The molecular formula is C20H21N3O. The van der Waals surface area contributed by atoms with Crippen molar-refractivity contribution in [2.24, 2.45) is 5.73 Å². The van der Waals surface area contributed by atoms with Gasteiger partial charge in [-0.2, -0.15) is 0 Å². The molecule has 2 heterocycles. The molecule has 0 atom stereocenters. The van der Waals surface area contributed by atoms with Crippen molar-refractivity contribution >= 4 is 16.6 Å². The van der Waals surface area contributed by atoms with Gasteiger partial charge in [-0.3, -0.25) is 0 Å². The van der Waals surface area contributed by atoms with E-state index in [1.807, 2.05) is 12.1 Å². The molecule has 1 aliphatic rings. The Hall–Kier alpha value is -2.59. The lowest BCUT2D eigenvalue weighted by atomic mass is 10.0. The maximum Gasteiger partial charge on any atom is 0.122 e. The number of benzene rings is 2. The van der Waals surface area contributed by atoms with Gasteiger partial charge in [0.1, 0.15) is 5.75 Å². The number of pyridine rings is 1. The molecule has 4 rings (SSSR count). The molecule has 4 nitrogen and oxygen atoms in total. The van der Waals surface area contributed by atoms with Crippen molar-refractivity contribution in [3.63, 3.8) is 0 Å². The Labute approximate surface area is 141 Å². The molecule has 3 aromatic rings. The predicted octanol–water partition coefficient (Wildman–Crippen LogP) is 3.60. The Morgan fingerprint density at radius 3 is 2.96 bits per heavy atom. The monoisotopic (exact) mass is 319 g/mol. The number of fused-ring (bicyclic) bond motifs is 2. The van der Waals surface area contributed by atoms with E-state index >= 15 is 0 Å². The molecule has 0 fully saturated rings. The van der Waals surface area contributed by atoms with Gasteiger partial charge in [-0.15, -0.1) is 0 Å². The largest absolute Gasteiger partial charge is 0.493 e. The van der Waals surface area contributed by atoms with Crippen LogP contribution in [0.3, 0.4) is 0 Å². The second-order valence-electron chi connectivity index (χ2n) is 6.06. The van der Waals surface area contributed by atoms with E-state index in [0.717, 1.165) is 59.6 Å². The smallest absolute Gasteiger partial charge is 0.122 e. The molecule has 0 saturated carbocycles. The van der Waals surface area contributed by atoms with Gasteiger partial charge in [0, 0.05) is 29.6 Å². The molecule has 3 N–H and O–H groups in total. The lowest BCUT2D eigenvalue weighted by molar-refractivity contribution is 0.357. The van der Waals surface area contributed by atoms with Gasteiger partial charge in [0.05, 0.1) is 17.8 Å². The number of nitrogens with one attached hydrogen (secondary N) is 1. The first-order chi connectivity index (χ1) is 11.8. The van der Waals surface area contributed by atoms with Crippen LogP contribution in [0.4, 0.5) is 5.69 Å². The summed E-state index contributed by atoms with van der Waals surface area (Å²) in [4.78, 5) is 4.85. The normalized spacial score (nSPS) is 12.9. The Kier molecular flexibility index (Phi) is 4.05. The van der Waals surface area contributed by atoms with Crippen molar-refractivity contribution in [2.45, 2.75) is 12.8 Å². The molecule has 24 heavy (non-hydrogen) atoms. The molecule has 0 amide bonds. The van der Waals surface area contributed by atoms with Gasteiger partial charge >= 0.3 is 0 Å². The third-order valence-electron chi connectivity index (χ3n) is 4.40. The number of aromatic nitrogens is 1. The molecule has 122 valence electrons. The predicted molar refractivity (Wildman–Crippen MR) is 98.5 cm³/mol. The molecule has 0 radical (unpaired) electrons. The number of anilines is 1. The molecule has 0 aliphatic carbocycles. The third kappa shape index (κ3) is 2.81. The highest BCUT2D eigenvalue weighted by Crippen LogP contribution is 2.32. The summed E-state index contributed by atoms with van der Waals surface area (Å²) in [6, 6.07) is 16.7. The topological polar surface area (TPSA) is 60.2 Å². The van der Waals surface area contributed by atoms with E-state index in [1.54, 1.807) is 0 Å². The van der Waals surface area contributed by atoms with E-state index in [0.29, 0.717) is 6.54 Å². The number of nitrogens with zero attached hydrogens (tertiary/aromatic N) is 1. The van der Waals surface area contributed by atoms with Crippen molar-refractivity contribution in [2.75, 3.05) is 25.0 Å². The molecule has 0 unspecified atom stereocenters. The van der Waals surface area contributed by atoms with Gasteiger partial charge in [0.2, 0.25) is 0 Å². The molecule has 4 heteroatoms. The first-order valence-corrected chi connectivity index (χ1v) is 8.45. The van der Waals surface area contributed by atoms with Crippen LogP contribution in [-0.2, 0) is 6.42 Å². The summed E-state index contributed by atoms with van der Waals surface area (Å²) in [7, 11) is 0. The third-order valence-corrected chi connectivity index (χ3v) is 4.40. The first-order valence-electron chi connectivity index (χ1n) is 8.45. The average molecular weight is 319 g/mol. The maximum atomic E-state index is 5.61. The molecule has 1 aliphatic heterocycles.